The summed E-state index contributed by atoms with van der Waals surface area (Å²) in [5.74, 6) is 1.24. The van der Waals surface area contributed by atoms with Crippen LogP contribution in [0.4, 0.5) is 0 Å². The maximum atomic E-state index is 5.69. The molecule has 0 aliphatic carbocycles. The molecule has 0 aromatic heterocycles. The molecule has 0 heterocycles. The maximum Gasteiger partial charge on any atom is 0.259 e. The van der Waals surface area contributed by atoms with Gasteiger partial charge in [-0.15, -0.1) is 0 Å². The van der Waals surface area contributed by atoms with Crippen LogP contribution in [0.1, 0.15) is 20.3 Å². The molecule has 0 unspecified atom stereocenters. The van der Waals surface area contributed by atoms with Crippen LogP contribution in [0.2, 0.25) is 13.1 Å². The molecule has 0 aromatic rings. The van der Waals surface area contributed by atoms with Gasteiger partial charge in [0.25, 0.3) is 7.47 Å². The predicted octanol–water partition coefficient (Wildman–Crippen LogP) is 4.81. The van der Waals surface area contributed by atoms with Crippen molar-refractivity contribution in [2.45, 2.75) is 33.4 Å². The van der Waals surface area contributed by atoms with Gasteiger partial charge >= 0.3 is 0 Å². The molecule has 0 saturated heterocycles. The van der Waals surface area contributed by atoms with Gasteiger partial charge in [-0.05, 0) is 46.1 Å². The lowest BCUT2D eigenvalue weighted by atomic mass is 10.6. The van der Waals surface area contributed by atoms with Crippen molar-refractivity contribution in [2.75, 3.05) is 12.4 Å². The highest BCUT2D eigenvalue weighted by Crippen LogP contribution is 2.47. The quantitative estimate of drug-likeness (QED) is 0.356. The van der Waals surface area contributed by atoms with Crippen LogP contribution < -0.4 is 0 Å². The number of rotatable bonds is 8. The molecule has 6 heteroatoms. The Morgan fingerprint density at radius 2 is 1.85 bits per heavy atom. The molecule has 0 aliphatic rings. The van der Waals surface area contributed by atoms with Crippen molar-refractivity contribution < 1.29 is 4.43 Å². The van der Waals surface area contributed by atoms with Gasteiger partial charge in [0.1, 0.15) is 0 Å². The van der Waals surface area contributed by atoms with Gasteiger partial charge in [0.15, 0.2) is 0 Å². The molecule has 13 heavy (non-hydrogen) atoms. The van der Waals surface area contributed by atoms with E-state index in [0.29, 0.717) is 0 Å². The minimum Gasteiger partial charge on any atom is -0.407 e. The van der Waals surface area contributed by atoms with E-state index in [1.807, 2.05) is 40.7 Å². The Balaban J connectivity index is 3.29. The third-order valence-electron chi connectivity index (χ3n) is 1.09. The fraction of sp³-hybridized carbons (Fsp3) is 1.00. The Labute approximate surface area is 97.9 Å². The lowest BCUT2D eigenvalue weighted by molar-refractivity contribution is 0.345. The predicted molar refractivity (Wildman–Crippen MR) is 74.6 cm³/mol. The van der Waals surface area contributed by atoms with E-state index in [1.54, 1.807) is 0 Å². The van der Waals surface area contributed by atoms with Gasteiger partial charge < -0.3 is 4.43 Å². The van der Waals surface area contributed by atoms with Crippen LogP contribution in [-0.4, -0.2) is 19.8 Å². The summed E-state index contributed by atoms with van der Waals surface area (Å²) >= 11 is 0. The zero-order chi connectivity index (χ0) is 10.2. The molecule has 0 N–H and O–H groups in total. The summed E-state index contributed by atoms with van der Waals surface area (Å²) in [5.41, 5.74) is 0. The SMILES string of the molecule is CCCSSSS[Si](C)(C)OCC. The molecule has 0 saturated carbocycles. The maximum absolute atomic E-state index is 5.69. The number of hydrogen-bond acceptors (Lipinski definition) is 5. The average Bonchev–Trinajstić information content (AvgIpc) is 2.04. The summed E-state index contributed by atoms with van der Waals surface area (Å²) in [7, 11) is 6.20. The van der Waals surface area contributed by atoms with Crippen LogP contribution in [0.15, 0.2) is 0 Å². The molecule has 0 fully saturated rings. The normalized spacial score (nSPS) is 12.0. The van der Waals surface area contributed by atoms with E-state index in [9.17, 15) is 0 Å². The molecule has 0 atom stereocenters. The zero-order valence-electron chi connectivity index (χ0n) is 8.66. The highest BCUT2D eigenvalue weighted by molar-refractivity contribution is 9.28. The summed E-state index contributed by atoms with van der Waals surface area (Å²) < 4.78 is 5.69. The first-order valence-electron chi connectivity index (χ1n) is 4.40. The van der Waals surface area contributed by atoms with Crippen LogP contribution in [0.3, 0.4) is 0 Å². The van der Waals surface area contributed by atoms with Crippen molar-refractivity contribution >= 4 is 48.2 Å². The van der Waals surface area contributed by atoms with E-state index in [4.69, 9.17) is 4.43 Å². The van der Waals surface area contributed by atoms with Gasteiger partial charge in [-0.25, -0.2) is 0 Å². The van der Waals surface area contributed by atoms with E-state index in [-0.39, 0.29) is 0 Å². The van der Waals surface area contributed by atoms with Crippen molar-refractivity contribution in [1.82, 2.24) is 0 Å². The monoisotopic (exact) mass is 274 g/mol. The van der Waals surface area contributed by atoms with Crippen LogP contribution in [0, 0.1) is 0 Å². The summed E-state index contributed by atoms with van der Waals surface area (Å²) in [6, 6.07) is 0. The summed E-state index contributed by atoms with van der Waals surface area (Å²) in [5, 5.41) is 0. The van der Waals surface area contributed by atoms with Crippen LogP contribution >= 0.6 is 40.7 Å². The largest absolute Gasteiger partial charge is 0.407 e. The Kier molecular flexibility index (Phi) is 9.92. The minimum atomic E-state index is -1.42. The lowest BCUT2D eigenvalue weighted by Crippen LogP contribution is -2.24. The van der Waals surface area contributed by atoms with Gasteiger partial charge in [-0.3, -0.25) is 0 Å². The van der Waals surface area contributed by atoms with E-state index < -0.39 is 7.47 Å². The molecule has 1 nitrogen and oxygen atoms in total. The van der Waals surface area contributed by atoms with E-state index >= 15 is 0 Å². The van der Waals surface area contributed by atoms with Gasteiger partial charge in [0.2, 0.25) is 0 Å². The van der Waals surface area contributed by atoms with Crippen molar-refractivity contribution in [1.29, 1.82) is 0 Å². The first-order chi connectivity index (χ1) is 6.12. The Bertz CT molecular complexity index is 123. The van der Waals surface area contributed by atoms with Crippen molar-refractivity contribution in [3.05, 3.63) is 0 Å². The highest BCUT2D eigenvalue weighted by Gasteiger charge is 2.23. The third kappa shape index (κ3) is 9.87. The second-order valence-corrected chi connectivity index (χ2v) is 16.0. The molecule has 0 radical (unpaired) electrons. The van der Waals surface area contributed by atoms with Crippen LogP contribution in [0.25, 0.3) is 0 Å². The molecule has 0 bridgehead atoms. The van der Waals surface area contributed by atoms with Gasteiger partial charge in [0.05, 0.1) is 0 Å². The molecular weight excluding hydrogens is 256 g/mol. The summed E-state index contributed by atoms with van der Waals surface area (Å²) in [6.45, 7) is 9.63. The third-order valence-corrected chi connectivity index (χ3v) is 14.9. The number of hydrogen-bond donors (Lipinski definition) is 0. The Morgan fingerprint density at radius 3 is 2.38 bits per heavy atom. The molecular formula is C7H18OS4Si. The first kappa shape index (κ1) is 14.6. The molecule has 0 aliphatic heterocycles. The molecule has 0 amide bonds. The van der Waals surface area contributed by atoms with E-state index in [0.717, 1.165) is 6.61 Å². The zero-order valence-corrected chi connectivity index (χ0v) is 12.9. The van der Waals surface area contributed by atoms with Crippen molar-refractivity contribution in [3.8, 4) is 0 Å². The molecule has 0 rings (SSSR count). The van der Waals surface area contributed by atoms with Crippen molar-refractivity contribution in [2.24, 2.45) is 0 Å². The first-order valence-corrected chi connectivity index (χ1v) is 13.0. The molecule has 0 spiro atoms. The topological polar surface area (TPSA) is 9.23 Å². The van der Waals surface area contributed by atoms with Gasteiger partial charge in [-0.1, -0.05) is 28.0 Å². The van der Waals surface area contributed by atoms with Gasteiger partial charge in [0, 0.05) is 12.4 Å². The van der Waals surface area contributed by atoms with E-state index in [2.05, 4.69) is 26.9 Å². The fourth-order valence-corrected chi connectivity index (χ4v) is 15.3. The molecule has 80 valence electrons. The standard InChI is InChI=1S/C7H18OS4Si/c1-5-7-9-10-11-12-13(3,4)8-6-2/h5-7H2,1-4H3. The average molecular weight is 275 g/mol. The summed E-state index contributed by atoms with van der Waals surface area (Å²) in [6.07, 6.45) is 1.26. The smallest absolute Gasteiger partial charge is 0.259 e. The van der Waals surface area contributed by atoms with Crippen LogP contribution in [0.5, 0.6) is 0 Å². The molecule has 0 aromatic carbocycles. The lowest BCUT2D eigenvalue weighted by Gasteiger charge is -2.19. The van der Waals surface area contributed by atoms with Crippen LogP contribution in [-0.2, 0) is 4.43 Å². The highest BCUT2D eigenvalue weighted by atomic mass is 33.7. The minimum absolute atomic E-state index is 0.847. The Morgan fingerprint density at radius 1 is 1.15 bits per heavy atom. The van der Waals surface area contributed by atoms with E-state index in [1.165, 1.54) is 12.2 Å². The van der Waals surface area contributed by atoms with Gasteiger partial charge in [-0.2, -0.15) is 0 Å². The second-order valence-electron chi connectivity index (χ2n) is 2.87. The Hall–Kier alpha value is 1.58. The van der Waals surface area contributed by atoms with Crippen molar-refractivity contribution in [3.63, 3.8) is 0 Å². The summed E-state index contributed by atoms with van der Waals surface area (Å²) in [4.78, 5) is 0. The second kappa shape index (κ2) is 8.85. The fourth-order valence-electron chi connectivity index (χ4n) is 0.604.